The summed E-state index contributed by atoms with van der Waals surface area (Å²) in [6.45, 7) is 0.301. The molecule has 94 valence electrons. The number of unbranched alkanes of at least 4 members (excludes halogenated alkanes) is 1. The summed E-state index contributed by atoms with van der Waals surface area (Å²) in [4.78, 5) is 11.2. The number of carbonyl (C=O) groups is 1. The Morgan fingerprint density at radius 1 is 1.29 bits per heavy atom. The van der Waals surface area contributed by atoms with Gasteiger partial charge in [-0.25, -0.2) is 0 Å². The molecule has 0 saturated carbocycles. The van der Waals surface area contributed by atoms with Gasteiger partial charge in [-0.2, -0.15) is 0 Å². The normalized spacial score (nSPS) is 12.1. The number of rotatable bonds is 7. The summed E-state index contributed by atoms with van der Waals surface area (Å²) in [6.07, 6.45) is 2.96. The van der Waals surface area contributed by atoms with Crippen LogP contribution in [0.2, 0.25) is 0 Å². The first kappa shape index (κ1) is 13.7. The predicted molar refractivity (Wildman–Crippen MR) is 67.5 cm³/mol. The Kier molecular flexibility index (Phi) is 6.29. The number of nitrogens with one attached hydrogen (secondary N) is 1. The lowest BCUT2D eigenvalue weighted by atomic mass is 10.1. The maximum absolute atomic E-state index is 11.2. The molecule has 0 fully saturated rings. The van der Waals surface area contributed by atoms with Crippen LogP contribution in [0.3, 0.4) is 0 Å². The van der Waals surface area contributed by atoms with Crippen molar-refractivity contribution < 1.29 is 9.90 Å². The Balaban J connectivity index is 2.07. The quantitative estimate of drug-likeness (QED) is 0.601. The maximum atomic E-state index is 11.2. The minimum absolute atomic E-state index is 0.285. The highest BCUT2D eigenvalue weighted by Gasteiger charge is 2.10. The van der Waals surface area contributed by atoms with Gasteiger partial charge in [0.1, 0.15) is 6.04 Å². The zero-order chi connectivity index (χ0) is 12.5. The standard InChI is InChI=1S/C13H20N2O2/c14-12(10-16)13(17)15-9-5-4-8-11-6-2-1-3-7-11/h1-3,6-7,12,16H,4-5,8-10,14H2,(H,15,17). The van der Waals surface area contributed by atoms with Crippen LogP contribution in [0, 0.1) is 0 Å². The molecule has 0 aliphatic carbocycles. The number of nitrogens with two attached hydrogens (primary N) is 1. The third-order valence-electron chi connectivity index (χ3n) is 2.57. The van der Waals surface area contributed by atoms with Crippen LogP contribution in [-0.2, 0) is 11.2 Å². The molecule has 1 rings (SSSR count). The molecule has 4 heteroatoms. The van der Waals surface area contributed by atoms with Crippen LogP contribution in [0.4, 0.5) is 0 Å². The summed E-state index contributed by atoms with van der Waals surface area (Å²) in [6, 6.07) is 9.44. The second-order valence-electron chi connectivity index (χ2n) is 4.02. The highest BCUT2D eigenvalue weighted by atomic mass is 16.3. The average Bonchev–Trinajstić information content (AvgIpc) is 2.38. The van der Waals surface area contributed by atoms with Crippen LogP contribution < -0.4 is 11.1 Å². The van der Waals surface area contributed by atoms with Gasteiger partial charge in [0.15, 0.2) is 0 Å². The van der Waals surface area contributed by atoms with Crippen molar-refractivity contribution in [2.75, 3.05) is 13.2 Å². The zero-order valence-corrected chi connectivity index (χ0v) is 9.93. The summed E-state index contributed by atoms with van der Waals surface area (Å²) < 4.78 is 0. The summed E-state index contributed by atoms with van der Waals surface area (Å²) in [7, 11) is 0. The number of aliphatic hydroxyl groups excluding tert-OH is 1. The molecule has 1 aromatic rings. The molecule has 0 spiro atoms. The van der Waals surface area contributed by atoms with Crippen molar-refractivity contribution in [1.29, 1.82) is 0 Å². The highest BCUT2D eigenvalue weighted by Crippen LogP contribution is 2.03. The number of aliphatic hydroxyl groups is 1. The van der Waals surface area contributed by atoms with Gasteiger partial charge in [-0.15, -0.1) is 0 Å². The molecule has 0 radical (unpaired) electrons. The minimum atomic E-state index is -0.802. The molecule has 0 aromatic heterocycles. The van der Waals surface area contributed by atoms with Gasteiger partial charge in [0.2, 0.25) is 5.91 Å². The van der Waals surface area contributed by atoms with E-state index >= 15 is 0 Å². The molecule has 0 saturated heterocycles. The van der Waals surface area contributed by atoms with E-state index in [2.05, 4.69) is 17.4 Å². The van der Waals surface area contributed by atoms with E-state index in [1.807, 2.05) is 18.2 Å². The second-order valence-corrected chi connectivity index (χ2v) is 4.02. The Bertz CT molecular complexity index is 327. The second kappa shape index (κ2) is 7.81. The lowest BCUT2D eigenvalue weighted by molar-refractivity contribution is -0.123. The third kappa shape index (κ3) is 5.47. The van der Waals surface area contributed by atoms with Crippen LogP contribution in [0.15, 0.2) is 30.3 Å². The Hall–Kier alpha value is -1.39. The van der Waals surface area contributed by atoms with Crippen LogP contribution >= 0.6 is 0 Å². The van der Waals surface area contributed by atoms with E-state index in [-0.39, 0.29) is 12.5 Å². The Morgan fingerprint density at radius 2 is 2.00 bits per heavy atom. The van der Waals surface area contributed by atoms with Crippen molar-refractivity contribution in [3.05, 3.63) is 35.9 Å². The van der Waals surface area contributed by atoms with E-state index in [0.29, 0.717) is 6.54 Å². The average molecular weight is 236 g/mol. The molecule has 17 heavy (non-hydrogen) atoms. The molecule has 4 nitrogen and oxygen atoms in total. The van der Waals surface area contributed by atoms with Gasteiger partial charge in [-0.05, 0) is 24.8 Å². The number of amides is 1. The van der Waals surface area contributed by atoms with Gasteiger partial charge < -0.3 is 16.2 Å². The van der Waals surface area contributed by atoms with Gasteiger partial charge in [-0.3, -0.25) is 4.79 Å². The van der Waals surface area contributed by atoms with Gasteiger partial charge in [0.25, 0.3) is 0 Å². The lowest BCUT2D eigenvalue weighted by Gasteiger charge is -2.09. The first-order valence-electron chi connectivity index (χ1n) is 5.92. The van der Waals surface area contributed by atoms with Gasteiger partial charge in [0, 0.05) is 6.54 Å². The van der Waals surface area contributed by atoms with Crippen LogP contribution in [0.1, 0.15) is 18.4 Å². The highest BCUT2D eigenvalue weighted by molar-refractivity contribution is 5.81. The molecule has 0 aliphatic rings. The van der Waals surface area contributed by atoms with Crippen LogP contribution in [-0.4, -0.2) is 30.2 Å². The molecular weight excluding hydrogens is 216 g/mol. The molecule has 1 atom stereocenters. The third-order valence-corrected chi connectivity index (χ3v) is 2.57. The molecule has 0 bridgehead atoms. The number of aryl methyl sites for hydroxylation is 1. The zero-order valence-electron chi connectivity index (χ0n) is 9.93. The monoisotopic (exact) mass is 236 g/mol. The van der Waals surface area contributed by atoms with E-state index in [1.54, 1.807) is 0 Å². The van der Waals surface area contributed by atoms with Crippen molar-refractivity contribution in [2.45, 2.75) is 25.3 Å². The molecule has 1 aromatic carbocycles. The van der Waals surface area contributed by atoms with E-state index < -0.39 is 6.04 Å². The SMILES string of the molecule is NC(CO)C(=O)NCCCCc1ccccc1. The molecule has 1 unspecified atom stereocenters. The van der Waals surface area contributed by atoms with Crippen molar-refractivity contribution in [3.8, 4) is 0 Å². The van der Waals surface area contributed by atoms with E-state index in [0.717, 1.165) is 19.3 Å². The molecule has 4 N–H and O–H groups in total. The fourth-order valence-corrected chi connectivity index (χ4v) is 1.52. The number of hydrogen-bond donors (Lipinski definition) is 3. The minimum Gasteiger partial charge on any atom is -0.394 e. The predicted octanol–water partition coefficient (Wildman–Crippen LogP) is 0.445. The lowest BCUT2D eigenvalue weighted by Crippen LogP contribution is -2.43. The Labute approximate surface area is 102 Å². The fourth-order valence-electron chi connectivity index (χ4n) is 1.52. The Morgan fingerprint density at radius 3 is 2.65 bits per heavy atom. The van der Waals surface area contributed by atoms with E-state index in [1.165, 1.54) is 5.56 Å². The van der Waals surface area contributed by atoms with Crippen molar-refractivity contribution in [3.63, 3.8) is 0 Å². The molecule has 0 aliphatic heterocycles. The topological polar surface area (TPSA) is 75.3 Å². The van der Waals surface area contributed by atoms with Gasteiger partial charge in [0.05, 0.1) is 6.61 Å². The fraction of sp³-hybridized carbons (Fsp3) is 0.462. The number of hydrogen-bond acceptors (Lipinski definition) is 3. The number of benzene rings is 1. The largest absolute Gasteiger partial charge is 0.394 e. The van der Waals surface area contributed by atoms with Gasteiger partial charge >= 0.3 is 0 Å². The summed E-state index contributed by atoms with van der Waals surface area (Å²) in [5, 5.41) is 11.4. The molecule has 0 heterocycles. The summed E-state index contributed by atoms with van der Waals surface area (Å²) >= 11 is 0. The van der Waals surface area contributed by atoms with Crippen molar-refractivity contribution >= 4 is 5.91 Å². The molecule has 1 amide bonds. The summed E-state index contributed by atoms with van der Waals surface area (Å²) in [5.41, 5.74) is 6.67. The van der Waals surface area contributed by atoms with Crippen LogP contribution in [0.5, 0.6) is 0 Å². The van der Waals surface area contributed by atoms with Crippen LogP contribution in [0.25, 0.3) is 0 Å². The van der Waals surface area contributed by atoms with E-state index in [4.69, 9.17) is 10.8 Å². The van der Waals surface area contributed by atoms with E-state index in [9.17, 15) is 4.79 Å². The molecular formula is C13H20N2O2. The maximum Gasteiger partial charge on any atom is 0.239 e. The smallest absolute Gasteiger partial charge is 0.239 e. The number of carbonyl (C=O) groups excluding carboxylic acids is 1. The first-order valence-corrected chi connectivity index (χ1v) is 5.92. The first-order chi connectivity index (χ1) is 8.24. The van der Waals surface area contributed by atoms with Gasteiger partial charge in [-0.1, -0.05) is 30.3 Å². The van der Waals surface area contributed by atoms with Crippen molar-refractivity contribution in [1.82, 2.24) is 5.32 Å². The summed E-state index contributed by atoms with van der Waals surface area (Å²) in [5.74, 6) is -0.285. The van der Waals surface area contributed by atoms with Crippen molar-refractivity contribution in [2.24, 2.45) is 5.73 Å².